The minimum Gasteiger partial charge on any atom is -0.378 e. The van der Waals surface area contributed by atoms with Gasteiger partial charge in [-0.15, -0.1) is 0 Å². The minimum atomic E-state index is -3.80. The van der Waals surface area contributed by atoms with E-state index in [2.05, 4.69) is 0 Å². The van der Waals surface area contributed by atoms with Crippen molar-refractivity contribution >= 4 is 15.9 Å². The van der Waals surface area contributed by atoms with Crippen LogP contribution in [0.2, 0.25) is 0 Å². The SMILES string of the molecule is Cc1ccc(S(=O)(=O)N2Cc3ccccc3CC2C(=O)N2CCOCC2)cc1. The van der Waals surface area contributed by atoms with E-state index in [4.69, 9.17) is 4.74 Å². The molecule has 0 aromatic heterocycles. The fraction of sp³-hybridized carbons (Fsp3) is 0.381. The second kappa shape index (κ2) is 7.66. The molecule has 1 saturated heterocycles. The van der Waals surface area contributed by atoms with Gasteiger partial charge in [-0.05, 0) is 36.6 Å². The Hall–Kier alpha value is -2.22. The molecule has 0 saturated carbocycles. The summed E-state index contributed by atoms with van der Waals surface area (Å²) in [5.74, 6) is -0.145. The molecule has 148 valence electrons. The van der Waals surface area contributed by atoms with E-state index in [9.17, 15) is 13.2 Å². The van der Waals surface area contributed by atoms with Crippen molar-refractivity contribution in [3.05, 3.63) is 65.2 Å². The molecule has 1 amide bonds. The predicted molar refractivity (Wildman–Crippen MR) is 105 cm³/mol. The highest BCUT2D eigenvalue weighted by molar-refractivity contribution is 7.89. The molecule has 0 bridgehead atoms. The van der Waals surface area contributed by atoms with Gasteiger partial charge in [-0.2, -0.15) is 4.31 Å². The van der Waals surface area contributed by atoms with Crippen molar-refractivity contribution < 1.29 is 17.9 Å². The quantitative estimate of drug-likeness (QED) is 0.790. The number of fused-ring (bicyclic) bond motifs is 1. The summed E-state index contributed by atoms with van der Waals surface area (Å²) in [5, 5.41) is 0. The normalized spacial score (nSPS) is 20.6. The van der Waals surface area contributed by atoms with Crippen molar-refractivity contribution in [3.8, 4) is 0 Å². The lowest BCUT2D eigenvalue weighted by Crippen LogP contribution is -2.55. The van der Waals surface area contributed by atoms with Crippen LogP contribution >= 0.6 is 0 Å². The third kappa shape index (κ3) is 3.57. The first-order valence-corrected chi connectivity index (χ1v) is 10.9. The van der Waals surface area contributed by atoms with Crippen molar-refractivity contribution in [2.45, 2.75) is 30.8 Å². The number of rotatable bonds is 3. The van der Waals surface area contributed by atoms with Gasteiger partial charge >= 0.3 is 0 Å². The van der Waals surface area contributed by atoms with Gasteiger partial charge in [0.15, 0.2) is 0 Å². The Balaban J connectivity index is 1.72. The molecule has 4 rings (SSSR count). The number of benzene rings is 2. The van der Waals surface area contributed by atoms with Gasteiger partial charge in [0, 0.05) is 19.6 Å². The Bertz CT molecular complexity index is 966. The zero-order chi connectivity index (χ0) is 19.7. The van der Waals surface area contributed by atoms with E-state index in [-0.39, 0.29) is 17.3 Å². The number of hydrogen-bond acceptors (Lipinski definition) is 4. The molecule has 7 heteroatoms. The average molecular weight is 401 g/mol. The highest BCUT2D eigenvalue weighted by Crippen LogP contribution is 2.30. The van der Waals surface area contributed by atoms with Gasteiger partial charge in [0.25, 0.3) is 0 Å². The largest absolute Gasteiger partial charge is 0.378 e. The number of hydrogen-bond donors (Lipinski definition) is 0. The maximum Gasteiger partial charge on any atom is 0.244 e. The van der Waals surface area contributed by atoms with Crippen LogP contribution in [-0.4, -0.2) is 55.9 Å². The summed E-state index contributed by atoms with van der Waals surface area (Å²) in [6.45, 7) is 4.08. The van der Waals surface area contributed by atoms with Crippen LogP contribution in [0.1, 0.15) is 16.7 Å². The van der Waals surface area contributed by atoms with Crippen LogP contribution in [0.3, 0.4) is 0 Å². The van der Waals surface area contributed by atoms with Crippen molar-refractivity contribution in [1.29, 1.82) is 0 Å². The smallest absolute Gasteiger partial charge is 0.244 e. The Morgan fingerprint density at radius 2 is 1.64 bits per heavy atom. The molecule has 0 aliphatic carbocycles. The first-order chi connectivity index (χ1) is 13.5. The zero-order valence-electron chi connectivity index (χ0n) is 15.9. The molecule has 0 N–H and O–H groups in total. The van der Waals surface area contributed by atoms with E-state index in [0.717, 1.165) is 16.7 Å². The van der Waals surface area contributed by atoms with Crippen LogP contribution in [0.15, 0.2) is 53.4 Å². The molecule has 1 atom stereocenters. The second-order valence-corrected chi connectivity index (χ2v) is 9.18. The van der Waals surface area contributed by atoms with Crippen molar-refractivity contribution in [3.63, 3.8) is 0 Å². The van der Waals surface area contributed by atoms with Crippen molar-refractivity contribution in [2.24, 2.45) is 0 Å². The standard InChI is InChI=1S/C21H24N2O4S/c1-16-6-8-19(9-7-16)28(25,26)23-15-18-5-3-2-4-17(18)14-20(23)21(24)22-10-12-27-13-11-22/h2-9,20H,10-15H2,1H3. The summed E-state index contributed by atoms with van der Waals surface area (Å²) in [4.78, 5) is 15.2. The number of amides is 1. The fourth-order valence-electron chi connectivity index (χ4n) is 3.80. The van der Waals surface area contributed by atoms with Gasteiger partial charge in [-0.1, -0.05) is 42.0 Å². The molecule has 2 aromatic rings. The van der Waals surface area contributed by atoms with Gasteiger partial charge in [0.05, 0.1) is 18.1 Å². The lowest BCUT2D eigenvalue weighted by atomic mass is 9.95. The van der Waals surface area contributed by atoms with E-state index in [1.807, 2.05) is 31.2 Å². The molecule has 0 radical (unpaired) electrons. The van der Waals surface area contributed by atoms with Gasteiger partial charge in [-0.3, -0.25) is 4.79 Å². The van der Waals surface area contributed by atoms with Gasteiger partial charge in [-0.25, -0.2) is 8.42 Å². The van der Waals surface area contributed by atoms with Gasteiger partial charge < -0.3 is 9.64 Å². The van der Waals surface area contributed by atoms with Crippen LogP contribution in [0.4, 0.5) is 0 Å². The number of carbonyl (C=O) groups excluding carboxylic acids is 1. The number of carbonyl (C=O) groups is 1. The molecule has 6 nitrogen and oxygen atoms in total. The van der Waals surface area contributed by atoms with E-state index in [1.54, 1.807) is 29.2 Å². The average Bonchev–Trinajstić information content (AvgIpc) is 2.73. The predicted octanol–water partition coefficient (Wildman–Crippen LogP) is 1.97. The highest BCUT2D eigenvalue weighted by Gasteiger charge is 2.41. The maximum absolute atomic E-state index is 13.4. The zero-order valence-corrected chi connectivity index (χ0v) is 16.7. The van der Waals surface area contributed by atoms with Crippen LogP contribution in [0.5, 0.6) is 0 Å². The topological polar surface area (TPSA) is 66.9 Å². The Morgan fingerprint density at radius 1 is 1.00 bits per heavy atom. The Labute approximate surface area is 165 Å². The number of ether oxygens (including phenoxy) is 1. The molecule has 0 spiro atoms. The van der Waals surface area contributed by atoms with E-state index in [1.165, 1.54) is 4.31 Å². The summed E-state index contributed by atoms with van der Waals surface area (Å²) in [6, 6.07) is 13.8. The molecule has 2 heterocycles. The minimum absolute atomic E-state index is 0.145. The summed E-state index contributed by atoms with van der Waals surface area (Å²) < 4.78 is 33.6. The summed E-state index contributed by atoms with van der Waals surface area (Å²) in [6.07, 6.45) is 0.386. The van der Waals surface area contributed by atoms with Gasteiger partial charge in [0.2, 0.25) is 15.9 Å². The van der Waals surface area contributed by atoms with Crippen molar-refractivity contribution in [2.75, 3.05) is 26.3 Å². The molecule has 2 aliphatic heterocycles. The lowest BCUT2D eigenvalue weighted by Gasteiger charge is -2.38. The second-order valence-electron chi connectivity index (χ2n) is 7.29. The van der Waals surface area contributed by atoms with Crippen LogP contribution in [-0.2, 0) is 32.5 Å². The molecule has 2 aromatic carbocycles. The van der Waals surface area contributed by atoms with Crippen LogP contribution < -0.4 is 0 Å². The Morgan fingerprint density at radius 3 is 2.32 bits per heavy atom. The first kappa shape index (κ1) is 19.1. The molecule has 1 unspecified atom stereocenters. The van der Waals surface area contributed by atoms with Crippen LogP contribution in [0, 0.1) is 6.92 Å². The summed E-state index contributed by atoms with van der Waals surface area (Å²) in [5.41, 5.74) is 2.97. The molecular formula is C21H24N2O4S. The highest BCUT2D eigenvalue weighted by atomic mass is 32.2. The van der Waals surface area contributed by atoms with E-state index in [0.29, 0.717) is 32.7 Å². The lowest BCUT2D eigenvalue weighted by molar-refractivity contribution is -0.139. The van der Waals surface area contributed by atoms with Gasteiger partial charge in [0.1, 0.15) is 6.04 Å². The van der Waals surface area contributed by atoms with Crippen LogP contribution in [0.25, 0.3) is 0 Å². The third-order valence-electron chi connectivity index (χ3n) is 5.44. The van der Waals surface area contributed by atoms with E-state index >= 15 is 0 Å². The monoisotopic (exact) mass is 400 g/mol. The molecule has 1 fully saturated rings. The van der Waals surface area contributed by atoms with Crippen molar-refractivity contribution in [1.82, 2.24) is 9.21 Å². The maximum atomic E-state index is 13.4. The molecular weight excluding hydrogens is 376 g/mol. The number of aryl methyl sites for hydroxylation is 1. The fourth-order valence-corrected chi connectivity index (χ4v) is 5.36. The summed E-state index contributed by atoms with van der Waals surface area (Å²) >= 11 is 0. The Kier molecular flexibility index (Phi) is 5.23. The van der Waals surface area contributed by atoms with E-state index < -0.39 is 16.1 Å². The first-order valence-electron chi connectivity index (χ1n) is 9.48. The summed E-state index contributed by atoms with van der Waals surface area (Å²) in [7, 11) is -3.80. The third-order valence-corrected chi connectivity index (χ3v) is 7.31. The number of morpholine rings is 1. The molecule has 2 aliphatic rings. The number of sulfonamides is 1. The number of nitrogens with zero attached hydrogens (tertiary/aromatic N) is 2. The molecule has 28 heavy (non-hydrogen) atoms.